The zero-order valence-electron chi connectivity index (χ0n) is 14.5. The first-order chi connectivity index (χ1) is 10.8. The van der Waals surface area contributed by atoms with Gasteiger partial charge in [0.1, 0.15) is 11.1 Å². The van der Waals surface area contributed by atoms with Crippen LogP contribution in [0.1, 0.15) is 52.9 Å². The molecule has 3 heterocycles. The van der Waals surface area contributed by atoms with Crippen LogP contribution in [0, 0.1) is 0 Å². The molecule has 23 heavy (non-hydrogen) atoms. The van der Waals surface area contributed by atoms with E-state index in [1.807, 2.05) is 20.8 Å². The lowest BCUT2D eigenvalue weighted by Crippen LogP contribution is -2.56. The van der Waals surface area contributed by atoms with E-state index in [9.17, 15) is 9.59 Å². The van der Waals surface area contributed by atoms with Crippen LogP contribution in [-0.4, -0.2) is 65.3 Å². The number of amides is 1. The molecule has 1 unspecified atom stereocenters. The molecule has 0 aliphatic carbocycles. The Hall–Kier alpha value is -1.30. The third kappa shape index (κ3) is 3.18. The third-order valence-corrected chi connectivity index (χ3v) is 5.22. The predicted molar refractivity (Wildman–Crippen MR) is 85.1 cm³/mol. The molecule has 1 amide bonds. The van der Waals surface area contributed by atoms with Crippen LogP contribution in [0.5, 0.6) is 0 Å². The second kappa shape index (κ2) is 5.96. The molecule has 1 atom stereocenters. The summed E-state index contributed by atoms with van der Waals surface area (Å²) in [6.07, 6.45) is 4.35. The molecule has 0 bridgehead atoms. The fraction of sp³-hybridized carbons (Fsp3) is 0.882. The molecule has 3 rings (SSSR count). The lowest BCUT2D eigenvalue weighted by molar-refractivity contribution is -0.148. The quantitative estimate of drug-likeness (QED) is 0.692. The van der Waals surface area contributed by atoms with E-state index in [1.54, 1.807) is 4.90 Å². The van der Waals surface area contributed by atoms with E-state index in [0.717, 1.165) is 38.6 Å². The molecule has 3 aliphatic rings. The molecule has 0 aromatic heterocycles. The van der Waals surface area contributed by atoms with Crippen molar-refractivity contribution in [3.8, 4) is 0 Å². The van der Waals surface area contributed by atoms with E-state index in [-0.39, 0.29) is 17.6 Å². The summed E-state index contributed by atoms with van der Waals surface area (Å²) in [7, 11) is 0. The van der Waals surface area contributed by atoms with Gasteiger partial charge in [-0.1, -0.05) is 0 Å². The second-order valence-electron chi connectivity index (χ2n) is 7.91. The van der Waals surface area contributed by atoms with Gasteiger partial charge in [0, 0.05) is 25.6 Å². The van der Waals surface area contributed by atoms with E-state index >= 15 is 0 Å². The van der Waals surface area contributed by atoms with Gasteiger partial charge in [-0.2, -0.15) is 0 Å². The van der Waals surface area contributed by atoms with Crippen LogP contribution in [0.2, 0.25) is 0 Å². The number of rotatable bonds is 1. The van der Waals surface area contributed by atoms with E-state index in [2.05, 4.69) is 4.90 Å². The Kier molecular flexibility index (Phi) is 4.29. The largest absolute Gasteiger partial charge is 0.464 e. The second-order valence-corrected chi connectivity index (χ2v) is 7.91. The summed E-state index contributed by atoms with van der Waals surface area (Å²) < 4.78 is 10.7. The summed E-state index contributed by atoms with van der Waals surface area (Å²) in [5.74, 6) is -0.0374. The highest BCUT2D eigenvalue weighted by Gasteiger charge is 2.54. The summed E-state index contributed by atoms with van der Waals surface area (Å²) >= 11 is 0. The van der Waals surface area contributed by atoms with Crippen molar-refractivity contribution in [3.63, 3.8) is 0 Å². The maximum atomic E-state index is 12.2. The molecule has 130 valence electrons. The maximum Gasteiger partial charge on any atom is 0.410 e. The van der Waals surface area contributed by atoms with Crippen molar-refractivity contribution in [1.29, 1.82) is 0 Å². The molecule has 0 N–H and O–H groups in total. The Labute approximate surface area is 138 Å². The SMILES string of the molecule is CC(C)(C)OC(=O)N1CCC(N2CCCC23CCOC3=O)CC1. The third-order valence-electron chi connectivity index (χ3n) is 5.22. The summed E-state index contributed by atoms with van der Waals surface area (Å²) in [5.41, 5.74) is -0.834. The van der Waals surface area contributed by atoms with Gasteiger partial charge in [0.15, 0.2) is 0 Å². The van der Waals surface area contributed by atoms with Crippen LogP contribution in [0.4, 0.5) is 4.79 Å². The molecule has 0 aromatic carbocycles. The number of hydrogen-bond donors (Lipinski definition) is 0. The zero-order chi connectivity index (χ0) is 16.7. The van der Waals surface area contributed by atoms with Gasteiger partial charge in [-0.25, -0.2) is 4.79 Å². The first-order valence-electron chi connectivity index (χ1n) is 8.74. The number of carbonyl (C=O) groups is 2. The van der Waals surface area contributed by atoms with Crippen molar-refractivity contribution >= 4 is 12.1 Å². The average molecular weight is 324 g/mol. The van der Waals surface area contributed by atoms with Gasteiger partial charge in [0.2, 0.25) is 0 Å². The Morgan fingerprint density at radius 3 is 2.48 bits per heavy atom. The van der Waals surface area contributed by atoms with Crippen LogP contribution in [0.25, 0.3) is 0 Å². The fourth-order valence-corrected chi connectivity index (χ4v) is 4.16. The summed E-state index contributed by atoms with van der Waals surface area (Å²) in [6, 6.07) is 0.363. The molecular formula is C17H28N2O4. The number of nitrogens with zero attached hydrogens (tertiary/aromatic N) is 2. The van der Waals surface area contributed by atoms with Gasteiger partial charge >= 0.3 is 12.1 Å². The molecule has 6 heteroatoms. The number of piperidine rings is 1. The molecule has 3 aliphatic heterocycles. The highest BCUT2D eigenvalue weighted by Crippen LogP contribution is 2.40. The van der Waals surface area contributed by atoms with E-state index < -0.39 is 5.60 Å². The summed E-state index contributed by atoms with van der Waals surface area (Å²) in [5, 5.41) is 0. The standard InChI is InChI=1S/C17H28N2O4/c1-16(2,3)23-15(21)18-10-5-13(6-11-18)19-9-4-7-17(19)8-12-22-14(17)20/h13H,4-12H2,1-3H3. The fourth-order valence-electron chi connectivity index (χ4n) is 4.16. The number of likely N-dealkylation sites (tertiary alicyclic amines) is 2. The first-order valence-corrected chi connectivity index (χ1v) is 8.74. The van der Waals surface area contributed by atoms with E-state index in [1.165, 1.54) is 0 Å². The Morgan fingerprint density at radius 1 is 1.22 bits per heavy atom. The van der Waals surface area contributed by atoms with Crippen molar-refractivity contribution in [3.05, 3.63) is 0 Å². The van der Waals surface area contributed by atoms with Gasteiger partial charge in [-0.15, -0.1) is 0 Å². The van der Waals surface area contributed by atoms with Crippen LogP contribution >= 0.6 is 0 Å². The van der Waals surface area contributed by atoms with Crippen molar-refractivity contribution in [1.82, 2.24) is 9.80 Å². The van der Waals surface area contributed by atoms with Crippen molar-refractivity contribution in [2.75, 3.05) is 26.2 Å². The number of carbonyl (C=O) groups excluding carboxylic acids is 2. The highest BCUT2D eigenvalue weighted by molar-refractivity contribution is 5.83. The molecule has 0 aromatic rings. The number of ether oxygens (including phenoxy) is 2. The lowest BCUT2D eigenvalue weighted by Gasteiger charge is -2.42. The summed E-state index contributed by atoms with van der Waals surface area (Å²) in [4.78, 5) is 28.6. The molecule has 6 nitrogen and oxygen atoms in total. The highest BCUT2D eigenvalue weighted by atomic mass is 16.6. The number of cyclic esters (lactones) is 1. The van der Waals surface area contributed by atoms with Gasteiger partial charge in [-0.05, 0) is 53.0 Å². The van der Waals surface area contributed by atoms with Crippen LogP contribution in [0.3, 0.4) is 0 Å². The van der Waals surface area contributed by atoms with E-state index in [0.29, 0.717) is 25.7 Å². The predicted octanol–water partition coefficient (Wildman–Crippen LogP) is 2.17. The Morgan fingerprint density at radius 2 is 1.91 bits per heavy atom. The van der Waals surface area contributed by atoms with Crippen molar-refractivity contribution < 1.29 is 19.1 Å². The summed E-state index contributed by atoms with van der Waals surface area (Å²) in [6.45, 7) is 8.56. The average Bonchev–Trinajstić information content (AvgIpc) is 3.06. The van der Waals surface area contributed by atoms with Crippen molar-refractivity contribution in [2.24, 2.45) is 0 Å². The Balaban J connectivity index is 1.59. The molecule has 1 spiro atoms. The normalized spacial score (nSPS) is 30.0. The molecule has 3 fully saturated rings. The monoisotopic (exact) mass is 324 g/mol. The first kappa shape index (κ1) is 16.6. The van der Waals surface area contributed by atoms with Gasteiger partial charge < -0.3 is 14.4 Å². The lowest BCUT2D eigenvalue weighted by atomic mass is 9.91. The molecule has 3 saturated heterocycles. The van der Waals surface area contributed by atoms with Crippen LogP contribution in [-0.2, 0) is 14.3 Å². The topological polar surface area (TPSA) is 59.1 Å². The molecule has 0 saturated carbocycles. The minimum Gasteiger partial charge on any atom is -0.464 e. The van der Waals surface area contributed by atoms with E-state index in [4.69, 9.17) is 9.47 Å². The molecular weight excluding hydrogens is 296 g/mol. The van der Waals surface area contributed by atoms with Gasteiger partial charge in [0.05, 0.1) is 6.61 Å². The van der Waals surface area contributed by atoms with Gasteiger partial charge in [0.25, 0.3) is 0 Å². The zero-order valence-corrected chi connectivity index (χ0v) is 14.5. The number of hydrogen-bond acceptors (Lipinski definition) is 5. The molecule has 0 radical (unpaired) electrons. The maximum absolute atomic E-state index is 12.2. The van der Waals surface area contributed by atoms with Crippen LogP contribution in [0.15, 0.2) is 0 Å². The Bertz CT molecular complexity index is 475. The minimum atomic E-state index is -0.458. The number of esters is 1. The minimum absolute atomic E-state index is 0.0374. The van der Waals surface area contributed by atoms with Crippen LogP contribution < -0.4 is 0 Å². The van der Waals surface area contributed by atoms with Crippen molar-refractivity contribution in [2.45, 2.75) is 70.1 Å². The van der Waals surface area contributed by atoms with Gasteiger partial charge in [-0.3, -0.25) is 9.69 Å². The smallest absolute Gasteiger partial charge is 0.410 e.